The Morgan fingerprint density at radius 2 is 1.92 bits per heavy atom. The molecule has 25 heavy (non-hydrogen) atoms. The highest BCUT2D eigenvalue weighted by atomic mass is 32.2. The first-order valence-electron chi connectivity index (χ1n) is 8.63. The molecule has 8 heteroatoms. The normalized spacial score (nSPS) is 20.1. The van der Waals surface area contributed by atoms with Gasteiger partial charge in [-0.2, -0.15) is 0 Å². The molecule has 0 radical (unpaired) electrons. The van der Waals surface area contributed by atoms with E-state index in [2.05, 4.69) is 4.72 Å². The highest BCUT2D eigenvalue weighted by Crippen LogP contribution is 2.31. The van der Waals surface area contributed by atoms with E-state index in [1.165, 1.54) is 12.1 Å². The van der Waals surface area contributed by atoms with Gasteiger partial charge in [0.15, 0.2) is 5.79 Å². The van der Waals surface area contributed by atoms with Gasteiger partial charge < -0.3 is 14.4 Å². The van der Waals surface area contributed by atoms with Crippen molar-refractivity contribution in [2.24, 2.45) is 0 Å². The van der Waals surface area contributed by atoms with Crippen LogP contribution < -0.4 is 4.72 Å². The number of nitrogens with one attached hydrogen (secondary N) is 1. The van der Waals surface area contributed by atoms with E-state index < -0.39 is 15.8 Å². The maximum atomic E-state index is 12.7. The quantitative estimate of drug-likeness (QED) is 0.848. The SMILES string of the molecule is CCCNS(=O)(=O)c1cccc(C(=O)N2CCC3(CC2)OCCO3)c1. The third-order valence-corrected chi connectivity index (χ3v) is 6.02. The zero-order valence-corrected chi connectivity index (χ0v) is 15.2. The highest BCUT2D eigenvalue weighted by Gasteiger charge is 2.40. The molecule has 1 amide bonds. The van der Waals surface area contributed by atoms with E-state index in [1.807, 2.05) is 6.92 Å². The standard InChI is InChI=1S/C17H24N2O5S/c1-2-8-18-25(21,22)15-5-3-4-14(13-15)16(20)19-9-6-17(7-10-19)23-11-12-24-17/h3-5,13,18H,2,6-12H2,1H3. The third kappa shape index (κ3) is 4.03. The molecule has 2 fully saturated rings. The molecule has 0 aromatic heterocycles. The molecule has 0 aliphatic carbocycles. The zero-order chi connectivity index (χ0) is 17.9. The summed E-state index contributed by atoms with van der Waals surface area (Å²) < 4.78 is 38.3. The van der Waals surface area contributed by atoms with Crippen LogP contribution in [0.4, 0.5) is 0 Å². The van der Waals surface area contributed by atoms with Crippen LogP contribution in [0.3, 0.4) is 0 Å². The van der Waals surface area contributed by atoms with Gasteiger partial charge >= 0.3 is 0 Å². The molecule has 2 heterocycles. The van der Waals surface area contributed by atoms with Crippen molar-refractivity contribution < 1.29 is 22.7 Å². The lowest BCUT2D eigenvalue weighted by Crippen LogP contribution is -2.47. The van der Waals surface area contributed by atoms with Crippen molar-refractivity contribution in [3.63, 3.8) is 0 Å². The lowest BCUT2D eigenvalue weighted by atomic mass is 10.0. The Morgan fingerprint density at radius 3 is 2.56 bits per heavy atom. The maximum absolute atomic E-state index is 12.7. The van der Waals surface area contributed by atoms with E-state index in [4.69, 9.17) is 9.47 Å². The topological polar surface area (TPSA) is 84.9 Å². The van der Waals surface area contributed by atoms with Crippen molar-refractivity contribution >= 4 is 15.9 Å². The van der Waals surface area contributed by atoms with E-state index in [9.17, 15) is 13.2 Å². The largest absolute Gasteiger partial charge is 0.347 e. The minimum absolute atomic E-state index is 0.114. The van der Waals surface area contributed by atoms with Crippen molar-refractivity contribution in [2.75, 3.05) is 32.8 Å². The van der Waals surface area contributed by atoms with Gasteiger partial charge in [-0.05, 0) is 24.6 Å². The summed E-state index contributed by atoms with van der Waals surface area (Å²) in [5, 5.41) is 0. The summed E-state index contributed by atoms with van der Waals surface area (Å²) in [6.07, 6.45) is 1.97. The predicted molar refractivity (Wildman–Crippen MR) is 91.7 cm³/mol. The van der Waals surface area contributed by atoms with E-state index in [1.54, 1.807) is 17.0 Å². The molecule has 138 valence electrons. The molecule has 0 saturated carbocycles. The molecule has 1 N–H and O–H groups in total. The third-order valence-electron chi connectivity index (χ3n) is 4.56. The summed E-state index contributed by atoms with van der Waals surface area (Å²) in [6, 6.07) is 6.18. The number of piperidine rings is 1. The first-order chi connectivity index (χ1) is 12.0. The van der Waals surface area contributed by atoms with Crippen LogP contribution in [0.25, 0.3) is 0 Å². The van der Waals surface area contributed by atoms with Gasteiger partial charge in [-0.15, -0.1) is 0 Å². The fourth-order valence-electron chi connectivity index (χ4n) is 3.13. The van der Waals surface area contributed by atoms with Crippen molar-refractivity contribution in [3.05, 3.63) is 29.8 Å². The van der Waals surface area contributed by atoms with Gasteiger partial charge in [-0.25, -0.2) is 13.1 Å². The first-order valence-corrected chi connectivity index (χ1v) is 10.1. The van der Waals surface area contributed by atoms with Crippen LogP contribution in [0.1, 0.15) is 36.5 Å². The minimum atomic E-state index is -3.59. The molecule has 1 aromatic carbocycles. The van der Waals surface area contributed by atoms with Crippen LogP contribution in [0.5, 0.6) is 0 Å². The molecule has 1 aromatic rings. The van der Waals surface area contributed by atoms with Gasteiger partial charge in [0.2, 0.25) is 10.0 Å². The molecular weight excluding hydrogens is 344 g/mol. The zero-order valence-electron chi connectivity index (χ0n) is 14.4. The van der Waals surface area contributed by atoms with Gasteiger partial charge in [0.05, 0.1) is 18.1 Å². The Balaban J connectivity index is 1.70. The number of nitrogens with zero attached hydrogens (tertiary/aromatic N) is 1. The number of amides is 1. The fourth-order valence-corrected chi connectivity index (χ4v) is 4.31. The summed E-state index contributed by atoms with van der Waals surface area (Å²) in [4.78, 5) is 14.6. The van der Waals surface area contributed by atoms with Gasteiger partial charge in [0.25, 0.3) is 5.91 Å². The van der Waals surface area contributed by atoms with E-state index in [0.717, 1.165) is 0 Å². The first kappa shape index (κ1) is 18.3. The average molecular weight is 368 g/mol. The van der Waals surface area contributed by atoms with Crippen molar-refractivity contribution in [1.82, 2.24) is 9.62 Å². The second-order valence-corrected chi connectivity index (χ2v) is 8.09. The number of hydrogen-bond donors (Lipinski definition) is 1. The number of rotatable bonds is 5. The molecular formula is C17H24N2O5S. The predicted octanol–water partition coefficient (Wildman–Crippen LogP) is 1.35. The molecule has 0 bridgehead atoms. The van der Waals surface area contributed by atoms with Crippen molar-refractivity contribution in [2.45, 2.75) is 36.9 Å². The second-order valence-electron chi connectivity index (χ2n) is 6.33. The average Bonchev–Trinajstić information content (AvgIpc) is 3.08. The Bertz CT molecular complexity index is 718. The van der Waals surface area contributed by atoms with Gasteiger partial charge in [-0.3, -0.25) is 4.79 Å². The van der Waals surface area contributed by atoms with Crippen LogP contribution >= 0.6 is 0 Å². The van der Waals surface area contributed by atoms with Crippen LogP contribution in [0.2, 0.25) is 0 Å². The molecule has 2 aliphatic heterocycles. The number of carbonyl (C=O) groups excluding carboxylic acids is 1. The maximum Gasteiger partial charge on any atom is 0.253 e. The van der Waals surface area contributed by atoms with Gasteiger partial charge in [0, 0.05) is 38.0 Å². The Labute approximate surface area is 148 Å². The van der Waals surface area contributed by atoms with Crippen LogP contribution in [-0.2, 0) is 19.5 Å². The monoisotopic (exact) mass is 368 g/mol. The van der Waals surface area contributed by atoms with E-state index in [-0.39, 0.29) is 10.8 Å². The van der Waals surface area contributed by atoms with Crippen LogP contribution in [0.15, 0.2) is 29.2 Å². The van der Waals surface area contributed by atoms with Gasteiger partial charge in [-0.1, -0.05) is 13.0 Å². The van der Waals surface area contributed by atoms with Crippen molar-refractivity contribution in [1.29, 1.82) is 0 Å². The summed E-state index contributed by atoms with van der Waals surface area (Å²) in [5.74, 6) is -0.702. The number of ether oxygens (including phenoxy) is 2. The number of hydrogen-bond acceptors (Lipinski definition) is 5. The summed E-state index contributed by atoms with van der Waals surface area (Å²) in [6.45, 7) is 4.52. The summed E-state index contributed by atoms with van der Waals surface area (Å²) in [5.41, 5.74) is 0.378. The molecule has 2 saturated heterocycles. The smallest absolute Gasteiger partial charge is 0.253 e. The highest BCUT2D eigenvalue weighted by molar-refractivity contribution is 7.89. The fraction of sp³-hybridized carbons (Fsp3) is 0.588. The molecule has 1 spiro atoms. The number of benzene rings is 1. The molecule has 7 nitrogen and oxygen atoms in total. The molecule has 3 rings (SSSR count). The van der Waals surface area contributed by atoms with Crippen LogP contribution in [0, 0.1) is 0 Å². The number of likely N-dealkylation sites (tertiary alicyclic amines) is 1. The number of carbonyl (C=O) groups is 1. The van der Waals surface area contributed by atoms with E-state index >= 15 is 0 Å². The molecule has 0 atom stereocenters. The van der Waals surface area contributed by atoms with E-state index in [0.29, 0.717) is 57.7 Å². The second kappa shape index (κ2) is 7.41. The summed E-state index contributed by atoms with van der Waals surface area (Å²) in [7, 11) is -3.59. The van der Waals surface area contributed by atoms with Crippen molar-refractivity contribution in [3.8, 4) is 0 Å². The molecule has 0 unspecified atom stereocenters. The number of sulfonamides is 1. The Kier molecular flexibility index (Phi) is 5.43. The Hall–Kier alpha value is -1.48. The lowest BCUT2D eigenvalue weighted by molar-refractivity contribution is -0.181. The van der Waals surface area contributed by atoms with Gasteiger partial charge in [0.1, 0.15) is 0 Å². The Morgan fingerprint density at radius 1 is 1.24 bits per heavy atom. The molecule has 2 aliphatic rings. The van der Waals surface area contributed by atoms with Crippen LogP contribution in [-0.4, -0.2) is 57.9 Å². The minimum Gasteiger partial charge on any atom is -0.347 e. The summed E-state index contributed by atoms with van der Waals surface area (Å²) >= 11 is 0. The lowest BCUT2D eigenvalue weighted by Gasteiger charge is -2.37.